The monoisotopic (exact) mass is 284 g/mol. The van der Waals surface area contributed by atoms with Gasteiger partial charge < -0.3 is 5.32 Å². The number of nitro benzene ring substituents is 1. The molecule has 1 aromatic carbocycles. The second kappa shape index (κ2) is 6.52. The average Bonchev–Trinajstić information content (AvgIpc) is 2.39. The van der Waals surface area contributed by atoms with Gasteiger partial charge >= 0.3 is 0 Å². The Labute approximate surface area is 117 Å². The van der Waals surface area contributed by atoms with E-state index in [0.29, 0.717) is 17.9 Å². The number of nitrogens with one attached hydrogen (secondary N) is 1. The van der Waals surface area contributed by atoms with Crippen molar-refractivity contribution in [1.82, 2.24) is 5.32 Å². The first-order chi connectivity index (χ1) is 8.91. The van der Waals surface area contributed by atoms with Crippen LogP contribution in [0.5, 0.6) is 0 Å². The maximum absolute atomic E-state index is 12.1. The number of hydrogen-bond donors (Lipinski definition) is 1. The van der Waals surface area contributed by atoms with Crippen molar-refractivity contribution in [3.63, 3.8) is 0 Å². The van der Waals surface area contributed by atoms with E-state index in [0.717, 1.165) is 6.42 Å². The van der Waals surface area contributed by atoms with Crippen molar-refractivity contribution in [2.24, 2.45) is 0 Å². The third kappa shape index (κ3) is 4.21. The highest BCUT2D eigenvalue weighted by Crippen LogP contribution is 2.17. The molecule has 0 spiro atoms. The maximum Gasteiger partial charge on any atom is 0.269 e. The SMILES string of the molecule is CCC(C)(CCCl)NC(=O)c1ccc([N+](=O)[O-])cc1. The normalized spacial score (nSPS) is 13.6. The first-order valence-electron chi connectivity index (χ1n) is 6.05. The van der Waals surface area contributed by atoms with Crippen molar-refractivity contribution in [3.8, 4) is 0 Å². The molecule has 1 unspecified atom stereocenters. The minimum Gasteiger partial charge on any atom is -0.347 e. The molecule has 0 aromatic heterocycles. The van der Waals surface area contributed by atoms with E-state index in [1.54, 1.807) is 0 Å². The first-order valence-corrected chi connectivity index (χ1v) is 6.58. The lowest BCUT2D eigenvalue weighted by Crippen LogP contribution is -2.45. The molecular formula is C13H17ClN2O3. The highest BCUT2D eigenvalue weighted by Gasteiger charge is 2.24. The molecule has 0 radical (unpaired) electrons. The molecule has 1 rings (SSSR count). The van der Waals surface area contributed by atoms with Crippen LogP contribution in [0, 0.1) is 10.1 Å². The molecule has 0 heterocycles. The van der Waals surface area contributed by atoms with Crippen molar-refractivity contribution in [3.05, 3.63) is 39.9 Å². The Morgan fingerprint density at radius 1 is 1.42 bits per heavy atom. The van der Waals surface area contributed by atoms with Gasteiger partial charge in [0, 0.05) is 29.1 Å². The van der Waals surface area contributed by atoms with E-state index < -0.39 is 4.92 Å². The van der Waals surface area contributed by atoms with E-state index in [4.69, 9.17) is 11.6 Å². The zero-order valence-electron chi connectivity index (χ0n) is 11.0. The number of amides is 1. The summed E-state index contributed by atoms with van der Waals surface area (Å²) in [6.45, 7) is 3.90. The Morgan fingerprint density at radius 3 is 2.42 bits per heavy atom. The molecule has 0 aliphatic rings. The molecule has 0 saturated carbocycles. The van der Waals surface area contributed by atoms with Gasteiger partial charge in [-0.05, 0) is 31.9 Å². The third-order valence-electron chi connectivity index (χ3n) is 3.18. The average molecular weight is 285 g/mol. The quantitative estimate of drug-likeness (QED) is 0.495. The molecule has 1 amide bonds. The van der Waals surface area contributed by atoms with Gasteiger partial charge in [0.2, 0.25) is 0 Å². The zero-order chi connectivity index (χ0) is 14.5. The van der Waals surface area contributed by atoms with Crippen LogP contribution in [0.4, 0.5) is 5.69 Å². The Balaban J connectivity index is 2.80. The Morgan fingerprint density at radius 2 is 2.00 bits per heavy atom. The van der Waals surface area contributed by atoms with Crippen LogP contribution in [-0.4, -0.2) is 22.2 Å². The van der Waals surface area contributed by atoms with Gasteiger partial charge in [-0.15, -0.1) is 11.6 Å². The van der Waals surface area contributed by atoms with E-state index >= 15 is 0 Å². The van der Waals surface area contributed by atoms with Crippen molar-refractivity contribution in [2.45, 2.75) is 32.2 Å². The molecule has 1 atom stereocenters. The van der Waals surface area contributed by atoms with Crippen LogP contribution in [0.1, 0.15) is 37.0 Å². The fourth-order valence-corrected chi connectivity index (χ4v) is 2.03. The number of non-ortho nitro benzene ring substituents is 1. The molecule has 6 heteroatoms. The molecule has 0 fully saturated rings. The Bertz CT molecular complexity index is 461. The lowest BCUT2D eigenvalue weighted by atomic mass is 9.95. The summed E-state index contributed by atoms with van der Waals surface area (Å²) in [5, 5.41) is 13.4. The summed E-state index contributed by atoms with van der Waals surface area (Å²) >= 11 is 5.72. The number of carbonyl (C=O) groups is 1. The number of alkyl halides is 1. The van der Waals surface area contributed by atoms with Gasteiger partial charge in [0.05, 0.1) is 4.92 Å². The molecule has 104 valence electrons. The zero-order valence-corrected chi connectivity index (χ0v) is 11.7. The molecule has 1 N–H and O–H groups in total. The van der Waals surface area contributed by atoms with Crippen molar-refractivity contribution in [1.29, 1.82) is 0 Å². The Kier molecular flexibility index (Phi) is 5.30. The van der Waals surface area contributed by atoms with Crippen LogP contribution in [0.2, 0.25) is 0 Å². The number of nitrogens with zero attached hydrogens (tertiary/aromatic N) is 1. The minimum absolute atomic E-state index is 0.0319. The molecule has 19 heavy (non-hydrogen) atoms. The summed E-state index contributed by atoms with van der Waals surface area (Å²) in [5.74, 6) is 0.217. The van der Waals surface area contributed by atoms with Crippen LogP contribution in [0.25, 0.3) is 0 Å². The van der Waals surface area contributed by atoms with Crippen molar-refractivity contribution >= 4 is 23.2 Å². The van der Waals surface area contributed by atoms with Crippen molar-refractivity contribution in [2.75, 3.05) is 5.88 Å². The molecule has 0 aliphatic carbocycles. The summed E-state index contributed by atoms with van der Waals surface area (Å²) in [4.78, 5) is 22.1. The summed E-state index contributed by atoms with van der Waals surface area (Å²) in [7, 11) is 0. The van der Waals surface area contributed by atoms with Gasteiger partial charge in [-0.25, -0.2) is 0 Å². The van der Waals surface area contributed by atoms with E-state index in [9.17, 15) is 14.9 Å². The van der Waals surface area contributed by atoms with Gasteiger partial charge in [0.25, 0.3) is 11.6 Å². The van der Waals surface area contributed by atoms with Crippen LogP contribution < -0.4 is 5.32 Å². The number of halogens is 1. The van der Waals surface area contributed by atoms with Crippen LogP contribution in [-0.2, 0) is 0 Å². The maximum atomic E-state index is 12.1. The number of rotatable bonds is 6. The van der Waals surface area contributed by atoms with E-state index in [-0.39, 0.29) is 17.1 Å². The van der Waals surface area contributed by atoms with Gasteiger partial charge in [-0.1, -0.05) is 6.92 Å². The standard InChI is InChI=1S/C13H17ClN2O3/c1-3-13(2,8-9-14)15-12(17)10-4-6-11(7-5-10)16(18)19/h4-7H,3,8-9H2,1-2H3,(H,15,17). The minimum atomic E-state index is -0.495. The predicted molar refractivity (Wildman–Crippen MR) is 74.6 cm³/mol. The van der Waals surface area contributed by atoms with E-state index in [2.05, 4.69) is 5.32 Å². The van der Waals surface area contributed by atoms with Gasteiger partial charge in [0.15, 0.2) is 0 Å². The van der Waals surface area contributed by atoms with Gasteiger partial charge in [0.1, 0.15) is 0 Å². The van der Waals surface area contributed by atoms with Crippen LogP contribution >= 0.6 is 11.6 Å². The summed E-state index contributed by atoms with van der Waals surface area (Å²) in [6.07, 6.45) is 1.43. The number of carbonyl (C=O) groups excluding carboxylic acids is 1. The molecule has 0 bridgehead atoms. The number of hydrogen-bond acceptors (Lipinski definition) is 3. The highest BCUT2D eigenvalue weighted by molar-refractivity contribution is 6.17. The fourth-order valence-electron chi connectivity index (χ4n) is 1.62. The largest absolute Gasteiger partial charge is 0.347 e. The van der Waals surface area contributed by atoms with Crippen LogP contribution in [0.15, 0.2) is 24.3 Å². The van der Waals surface area contributed by atoms with Gasteiger partial charge in [-0.2, -0.15) is 0 Å². The highest BCUT2D eigenvalue weighted by atomic mass is 35.5. The predicted octanol–water partition coefficient (Wildman–Crippen LogP) is 3.12. The summed E-state index contributed by atoms with van der Waals surface area (Å²) < 4.78 is 0. The third-order valence-corrected chi connectivity index (χ3v) is 3.37. The van der Waals surface area contributed by atoms with Crippen molar-refractivity contribution < 1.29 is 9.72 Å². The second-order valence-corrected chi connectivity index (χ2v) is 4.99. The van der Waals surface area contributed by atoms with Gasteiger partial charge in [-0.3, -0.25) is 14.9 Å². The second-order valence-electron chi connectivity index (χ2n) is 4.61. The fraction of sp³-hybridized carbons (Fsp3) is 0.462. The number of nitro groups is 1. The summed E-state index contributed by atoms with van der Waals surface area (Å²) in [6, 6.07) is 5.54. The van der Waals surface area contributed by atoms with E-state index in [1.807, 2.05) is 13.8 Å². The van der Waals surface area contributed by atoms with Crippen LogP contribution in [0.3, 0.4) is 0 Å². The summed E-state index contributed by atoms with van der Waals surface area (Å²) in [5.41, 5.74) is 0.0102. The molecule has 0 saturated heterocycles. The lowest BCUT2D eigenvalue weighted by Gasteiger charge is -2.29. The lowest BCUT2D eigenvalue weighted by molar-refractivity contribution is -0.384. The molecular weight excluding hydrogens is 268 g/mol. The molecule has 1 aromatic rings. The molecule has 5 nitrogen and oxygen atoms in total. The topological polar surface area (TPSA) is 72.2 Å². The van der Waals surface area contributed by atoms with E-state index in [1.165, 1.54) is 24.3 Å². The Hall–Kier alpha value is -1.62. The molecule has 0 aliphatic heterocycles. The first kappa shape index (κ1) is 15.4. The number of benzene rings is 1. The smallest absolute Gasteiger partial charge is 0.269 e.